The molecule has 0 spiro atoms. The van der Waals surface area contributed by atoms with Crippen LogP contribution in [0.5, 0.6) is 0 Å². The molecule has 0 aliphatic carbocycles. The Hall–Kier alpha value is -18.0. The summed E-state index contributed by atoms with van der Waals surface area (Å²) in [5.41, 5.74) is 29.3. The summed E-state index contributed by atoms with van der Waals surface area (Å²) in [6.07, 6.45) is 0. The van der Waals surface area contributed by atoms with Crippen molar-refractivity contribution in [1.82, 2.24) is 27.4 Å². The van der Waals surface area contributed by atoms with Crippen LogP contribution in [0.1, 0.15) is 0 Å². The number of para-hydroxylation sites is 7. The second-order valence-corrected chi connectivity index (χ2v) is 42.7. The second kappa shape index (κ2) is 32.8. The van der Waals surface area contributed by atoms with Gasteiger partial charge in [0.1, 0.15) is 0 Å². The summed E-state index contributed by atoms with van der Waals surface area (Å²) < 4.78 is 25.2. The lowest BCUT2D eigenvalue weighted by Crippen LogP contribution is -1.94. The number of nitrogens with zero attached hydrogens (tertiary/aromatic N) is 6. The minimum Gasteiger partial charge on any atom is -0.309 e. The van der Waals surface area contributed by atoms with Crippen LogP contribution in [0.3, 0.4) is 0 Å². The van der Waals surface area contributed by atoms with E-state index in [1.54, 1.807) is 0 Å². The first kappa shape index (κ1) is 82.7. The Kier molecular flexibility index (Phi) is 18.6. The lowest BCUT2D eigenvalue weighted by molar-refractivity contribution is 1.18. The average Bonchev–Trinajstić information content (AvgIpc) is 1.59. The van der Waals surface area contributed by atoms with Crippen LogP contribution in [0.25, 0.3) is 290 Å². The van der Waals surface area contributed by atoms with Gasteiger partial charge >= 0.3 is 0 Å². The Labute approximate surface area is 852 Å². The molecule has 0 fully saturated rings. The molecule has 10 heteroatoms. The summed E-state index contributed by atoms with van der Waals surface area (Å²) in [7, 11) is 0. The van der Waals surface area contributed by atoms with Crippen molar-refractivity contribution in [2.24, 2.45) is 0 Å². The van der Waals surface area contributed by atoms with Gasteiger partial charge in [0, 0.05) is 157 Å². The molecule has 0 amide bonds. The minimum absolute atomic E-state index is 1.18. The molecule has 0 bridgehead atoms. The largest absolute Gasteiger partial charge is 0.309 e. The van der Waals surface area contributed by atoms with Gasteiger partial charge in [-0.2, -0.15) is 0 Å². The molecule has 23 aromatic carbocycles. The molecule has 0 atom stereocenters. The van der Waals surface area contributed by atoms with E-state index in [1.165, 1.54) is 290 Å². The SMILES string of the molecule is c1ccc(-n2c3ccccc3c3cc(-c4ccc5c(c4)c4ccccc4n5-c4ccc5ccccc5c4)ccc32)cc1.c1ccc2c(c1)sc1cccc(-n3c4ccccc4c4cc(-c5ccc6c(c5)c5ccccc5n6-c5cccc6sc7ccccc7c56)ccc43)c12.c1ccc2c(c1)sc1cccc(-n3c4ccccc4c4cc(-c5ccc6c(c5)c5ccccc5n6-c5cccc6sc7ccccc7c56)ccc43)c12. The highest BCUT2D eigenvalue weighted by Crippen LogP contribution is 2.51. The van der Waals surface area contributed by atoms with E-state index in [0.29, 0.717) is 0 Å². The molecule has 0 saturated heterocycles. The summed E-state index contributed by atoms with van der Waals surface area (Å²) >= 11 is 7.49. The van der Waals surface area contributed by atoms with Crippen LogP contribution < -0.4 is 0 Å². The van der Waals surface area contributed by atoms with Crippen molar-refractivity contribution in [3.05, 3.63) is 497 Å². The van der Waals surface area contributed by atoms with Crippen LogP contribution >= 0.6 is 45.3 Å². The van der Waals surface area contributed by atoms with Crippen LogP contribution in [-0.4, -0.2) is 27.4 Å². The van der Waals surface area contributed by atoms with Crippen LogP contribution in [-0.2, 0) is 0 Å². The quantitative estimate of drug-likeness (QED) is 0.138. The maximum Gasteiger partial charge on any atom is 0.0555 e. The van der Waals surface area contributed by atoms with E-state index in [0.717, 1.165) is 0 Å². The maximum atomic E-state index is 2.47. The van der Waals surface area contributed by atoms with Gasteiger partial charge in [0.05, 0.1) is 88.9 Å². The number of hydrogen-bond acceptors (Lipinski definition) is 4. The first-order valence-corrected chi connectivity index (χ1v) is 53.1. The van der Waals surface area contributed by atoms with Crippen molar-refractivity contribution in [3.8, 4) is 67.5 Å². The van der Waals surface area contributed by atoms with Crippen LogP contribution in [0, 0.1) is 0 Å². The van der Waals surface area contributed by atoms with Gasteiger partial charge < -0.3 is 27.4 Å². The zero-order valence-corrected chi connectivity index (χ0v) is 81.9. The summed E-state index contributed by atoms with van der Waals surface area (Å²) in [4.78, 5) is 0. The second-order valence-electron chi connectivity index (χ2n) is 38.4. The molecule has 10 heterocycles. The highest BCUT2D eigenvalue weighted by molar-refractivity contribution is 7.27. The van der Waals surface area contributed by atoms with Crippen molar-refractivity contribution in [3.63, 3.8) is 0 Å². The first-order chi connectivity index (χ1) is 72.4. The molecule has 0 saturated carbocycles. The van der Waals surface area contributed by atoms with E-state index in [9.17, 15) is 0 Å². The zero-order valence-electron chi connectivity index (χ0n) is 78.7. The smallest absolute Gasteiger partial charge is 0.0555 e. The van der Waals surface area contributed by atoms with Crippen LogP contribution in [0.15, 0.2) is 497 Å². The third-order valence-electron chi connectivity index (χ3n) is 30.5. The molecule has 0 aliphatic rings. The van der Waals surface area contributed by atoms with Gasteiger partial charge in [-0.1, -0.05) is 291 Å². The number of hydrogen-bond donors (Lipinski definition) is 0. The molecule has 680 valence electrons. The van der Waals surface area contributed by atoms with Gasteiger partial charge in [0.25, 0.3) is 0 Å². The van der Waals surface area contributed by atoms with E-state index in [1.807, 2.05) is 45.3 Å². The van der Waals surface area contributed by atoms with Gasteiger partial charge in [0.15, 0.2) is 0 Å². The molecule has 0 aliphatic heterocycles. The summed E-state index contributed by atoms with van der Waals surface area (Å²) in [6, 6.07) is 183. The molecular weight excluding hydrogens is 1850 g/mol. The van der Waals surface area contributed by atoms with Gasteiger partial charge in [-0.3, -0.25) is 0 Å². The predicted molar refractivity (Wildman–Crippen MR) is 631 cm³/mol. The molecule has 6 nitrogen and oxygen atoms in total. The minimum atomic E-state index is 1.18. The van der Waals surface area contributed by atoms with Gasteiger partial charge in [-0.15, -0.1) is 45.3 Å². The van der Waals surface area contributed by atoms with E-state index in [2.05, 4.69) is 525 Å². The van der Waals surface area contributed by atoms with Gasteiger partial charge in [-0.25, -0.2) is 0 Å². The number of thiophene rings is 4. The molecule has 10 aromatic heterocycles. The fourth-order valence-electron chi connectivity index (χ4n) is 24.2. The van der Waals surface area contributed by atoms with E-state index in [4.69, 9.17) is 0 Å². The molecule has 0 N–H and O–H groups in total. The number of benzene rings is 23. The van der Waals surface area contributed by atoms with E-state index < -0.39 is 0 Å². The van der Waals surface area contributed by atoms with Crippen LogP contribution in [0.2, 0.25) is 0 Å². The van der Waals surface area contributed by atoms with Crippen molar-refractivity contribution in [2.45, 2.75) is 0 Å². The molecule has 33 rings (SSSR count). The molecule has 33 aromatic rings. The normalized spacial score (nSPS) is 12.1. The Morgan fingerprint density at radius 3 is 0.616 bits per heavy atom. The third-order valence-corrected chi connectivity index (χ3v) is 35.1. The van der Waals surface area contributed by atoms with E-state index in [-0.39, 0.29) is 0 Å². The van der Waals surface area contributed by atoms with E-state index >= 15 is 0 Å². The zero-order chi connectivity index (χ0) is 95.5. The predicted octanol–water partition coefficient (Wildman–Crippen LogP) is 39.3. The topological polar surface area (TPSA) is 29.6 Å². The Bertz CT molecular complexity index is 10400. The van der Waals surface area contributed by atoms with Crippen molar-refractivity contribution >= 4 is 268 Å². The number of aromatic nitrogens is 6. The summed E-state index contributed by atoms with van der Waals surface area (Å²) in [5, 5.41) is 28.3. The summed E-state index contributed by atoms with van der Waals surface area (Å²) in [5.74, 6) is 0. The Morgan fingerprint density at radius 1 is 0.116 bits per heavy atom. The highest BCUT2D eigenvalue weighted by atomic mass is 32.1. The van der Waals surface area contributed by atoms with Crippen molar-refractivity contribution in [1.29, 1.82) is 0 Å². The van der Waals surface area contributed by atoms with Crippen molar-refractivity contribution in [2.75, 3.05) is 0 Å². The lowest BCUT2D eigenvalue weighted by atomic mass is 10.0. The highest BCUT2D eigenvalue weighted by Gasteiger charge is 2.27. The van der Waals surface area contributed by atoms with Crippen molar-refractivity contribution < 1.29 is 0 Å². The lowest BCUT2D eigenvalue weighted by Gasteiger charge is -2.11. The fourth-order valence-corrected chi connectivity index (χ4v) is 28.7. The number of fused-ring (bicyclic) bond motifs is 31. The molecular formula is C136H82N6S4. The van der Waals surface area contributed by atoms with Crippen LogP contribution in [0.4, 0.5) is 0 Å². The Morgan fingerprint density at radius 2 is 0.329 bits per heavy atom. The standard InChI is InChI=1S/2C48H28N2S2.C40H26N2/c2*1-5-15-37-31(11-1)35-27-29(23-25-39(35)49(37)41-17-9-21-45-47(41)33-13-3-7-19-43(33)51-45)30-24-26-40-36(28-30)32-12-2-6-16-38(32)50(40)42-18-10-22-46-48(42)34-14-4-8-20-44(34)52-46;1-2-12-31(13-3-1)41-37-16-8-6-14-33(37)35-25-29(19-22-39(35)41)30-20-23-40-36(26-30)34-15-7-9-17-38(34)42(40)32-21-18-27-10-4-5-11-28(27)24-32/h2*1-28H;1-26H. The monoisotopic (exact) mass is 1930 g/mol. The number of rotatable bonds is 9. The molecule has 146 heavy (non-hydrogen) atoms. The molecule has 0 unspecified atom stereocenters. The summed E-state index contributed by atoms with van der Waals surface area (Å²) in [6.45, 7) is 0. The Balaban J connectivity index is 0.000000100. The maximum absolute atomic E-state index is 2.47. The fraction of sp³-hybridized carbons (Fsp3) is 0. The average molecular weight is 1930 g/mol. The van der Waals surface area contributed by atoms with Gasteiger partial charge in [0.2, 0.25) is 0 Å². The molecule has 0 radical (unpaired) electrons. The van der Waals surface area contributed by atoms with Gasteiger partial charge in [-0.05, 0) is 250 Å². The first-order valence-electron chi connectivity index (χ1n) is 49.8. The third kappa shape index (κ3) is 12.7.